The summed E-state index contributed by atoms with van der Waals surface area (Å²) in [6, 6.07) is 0.388. The van der Waals surface area contributed by atoms with Crippen molar-refractivity contribution in [2.24, 2.45) is 5.92 Å². The third-order valence-electron chi connectivity index (χ3n) is 2.95. The molecule has 2 fully saturated rings. The van der Waals surface area contributed by atoms with E-state index in [4.69, 9.17) is 4.74 Å². The van der Waals surface area contributed by atoms with Gasteiger partial charge >= 0.3 is 6.09 Å². The van der Waals surface area contributed by atoms with Gasteiger partial charge in [-0.15, -0.1) is 0 Å². The molecule has 1 amide bonds. The number of rotatable bonds is 1. The Kier molecular flexibility index (Phi) is 2.40. The number of hydrogen-bond donors (Lipinski definition) is 1. The summed E-state index contributed by atoms with van der Waals surface area (Å²) in [5, 5.41) is 3.30. The number of ether oxygens (including phenoxy) is 1. The summed E-state index contributed by atoms with van der Waals surface area (Å²) in [6.45, 7) is 5.18. The van der Waals surface area contributed by atoms with Crippen LogP contribution < -0.4 is 5.32 Å². The molecule has 2 aliphatic rings. The average Bonchev–Trinajstić information content (AvgIpc) is 2.62. The topological polar surface area (TPSA) is 41.6 Å². The molecule has 2 saturated heterocycles. The first-order chi connectivity index (χ1) is 6.33. The van der Waals surface area contributed by atoms with Crippen molar-refractivity contribution in [3.63, 3.8) is 0 Å². The van der Waals surface area contributed by atoms with E-state index in [2.05, 4.69) is 5.32 Å². The SMILES string of the molecule is CCOC(=O)N1CC[C@H]2CNC[C@H]21. The van der Waals surface area contributed by atoms with Crippen molar-refractivity contribution < 1.29 is 9.53 Å². The van der Waals surface area contributed by atoms with E-state index in [-0.39, 0.29) is 6.09 Å². The third-order valence-corrected chi connectivity index (χ3v) is 2.95. The highest BCUT2D eigenvalue weighted by atomic mass is 16.6. The number of hydrogen-bond acceptors (Lipinski definition) is 3. The normalized spacial score (nSPS) is 31.9. The summed E-state index contributed by atoms with van der Waals surface area (Å²) < 4.78 is 4.99. The lowest BCUT2D eigenvalue weighted by atomic mass is 10.1. The maximum absolute atomic E-state index is 11.5. The number of carbonyl (C=O) groups excluding carboxylic acids is 1. The van der Waals surface area contributed by atoms with Gasteiger partial charge in [-0.2, -0.15) is 0 Å². The van der Waals surface area contributed by atoms with Crippen LogP contribution in [-0.4, -0.2) is 43.3 Å². The van der Waals surface area contributed by atoms with Gasteiger partial charge < -0.3 is 15.0 Å². The van der Waals surface area contributed by atoms with E-state index >= 15 is 0 Å². The van der Waals surface area contributed by atoms with Crippen LogP contribution in [0, 0.1) is 5.92 Å². The largest absolute Gasteiger partial charge is 0.450 e. The lowest BCUT2D eigenvalue weighted by molar-refractivity contribution is 0.103. The number of carbonyl (C=O) groups is 1. The van der Waals surface area contributed by atoms with Crippen molar-refractivity contribution in [2.75, 3.05) is 26.2 Å². The van der Waals surface area contributed by atoms with Gasteiger partial charge in [0, 0.05) is 19.6 Å². The van der Waals surface area contributed by atoms with Crippen molar-refractivity contribution in [1.29, 1.82) is 0 Å². The highest BCUT2D eigenvalue weighted by Gasteiger charge is 2.40. The molecule has 2 atom stereocenters. The van der Waals surface area contributed by atoms with E-state index in [1.807, 2.05) is 11.8 Å². The van der Waals surface area contributed by atoms with Crippen molar-refractivity contribution in [3.05, 3.63) is 0 Å². The quantitative estimate of drug-likeness (QED) is 0.643. The van der Waals surface area contributed by atoms with Crippen molar-refractivity contribution in [2.45, 2.75) is 19.4 Å². The highest BCUT2D eigenvalue weighted by molar-refractivity contribution is 5.68. The molecule has 2 heterocycles. The maximum atomic E-state index is 11.5. The van der Waals surface area contributed by atoms with Gasteiger partial charge in [0.15, 0.2) is 0 Å². The Morgan fingerprint density at radius 2 is 2.46 bits per heavy atom. The number of nitrogens with zero attached hydrogens (tertiary/aromatic N) is 1. The predicted molar refractivity (Wildman–Crippen MR) is 48.5 cm³/mol. The average molecular weight is 184 g/mol. The Morgan fingerprint density at radius 1 is 1.62 bits per heavy atom. The lowest BCUT2D eigenvalue weighted by Gasteiger charge is -2.22. The molecule has 0 radical (unpaired) electrons. The standard InChI is InChI=1S/C9H16N2O2/c1-2-13-9(12)11-4-3-7-5-10-6-8(7)11/h7-8,10H,2-6H2,1H3/t7-,8+/m0/s1. The predicted octanol–water partition coefficient (Wildman–Crippen LogP) is 0.437. The monoisotopic (exact) mass is 184 g/mol. The van der Waals surface area contributed by atoms with E-state index < -0.39 is 0 Å². The van der Waals surface area contributed by atoms with Gasteiger partial charge in [-0.25, -0.2) is 4.79 Å². The van der Waals surface area contributed by atoms with Gasteiger partial charge in [0.1, 0.15) is 0 Å². The van der Waals surface area contributed by atoms with E-state index in [1.54, 1.807) is 0 Å². The minimum Gasteiger partial charge on any atom is -0.450 e. The van der Waals surface area contributed by atoms with Crippen molar-refractivity contribution in [1.82, 2.24) is 10.2 Å². The molecule has 0 aliphatic carbocycles. The van der Waals surface area contributed by atoms with Crippen LogP contribution in [0.3, 0.4) is 0 Å². The molecule has 0 aromatic rings. The van der Waals surface area contributed by atoms with Crippen LogP contribution in [0.2, 0.25) is 0 Å². The maximum Gasteiger partial charge on any atom is 0.410 e. The van der Waals surface area contributed by atoms with Crippen LogP contribution in [0.25, 0.3) is 0 Å². The fourth-order valence-corrected chi connectivity index (χ4v) is 2.28. The molecule has 0 aromatic carbocycles. The molecular formula is C9H16N2O2. The molecule has 1 N–H and O–H groups in total. The Morgan fingerprint density at radius 3 is 3.23 bits per heavy atom. The summed E-state index contributed by atoms with van der Waals surface area (Å²) in [5.74, 6) is 0.657. The summed E-state index contributed by atoms with van der Waals surface area (Å²) >= 11 is 0. The zero-order chi connectivity index (χ0) is 9.26. The Bertz CT molecular complexity index is 208. The van der Waals surface area contributed by atoms with Crippen LogP contribution in [0.5, 0.6) is 0 Å². The second-order valence-corrected chi connectivity index (χ2v) is 3.67. The second kappa shape index (κ2) is 3.54. The molecule has 0 spiro atoms. The van der Waals surface area contributed by atoms with Crippen molar-refractivity contribution in [3.8, 4) is 0 Å². The van der Waals surface area contributed by atoms with E-state index in [1.165, 1.54) is 0 Å². The Labute approximate surface area is 78.2 Å². The zero-order valence-electron chi connectivity index (χ0n) is 7.95. The molecular weight excluding hydrogens is 168 g/mol. The minimum absolute atomic E-state index is 0.140. The highest BCUT2D eigenvalue weighted by Crippen LogP contribution is 2.27. The Hall–Kier alpha value is -0.770. The molecule has 4 heteroatoms. The number of amides is 1. The van der Waals surface area contributed by atoms with E-state index in [9.17, 15) is 4.79 Å². The van der Waals surface area contributed by atoms with Crippen LogP contribution in [-0.2, 0) is 4.74 Å². The first-order valence-electron chi connectivity index (χ1n) is 4.97. The lowest BCUT2D eigenvalue weighted by Crippen LogP contribution is -2.39. The van der Waals surface area contributed by atoms with Crippen LogP contribution >= 0.6 is 0 Å². The van der Waals surface area contributed by atoms with Gasteiger partial charge in [0.25, 0.3) is 0 Å². The zero-order valence-corrected chi connectivity index (χ0v) is 7.95. The smallest absolute Gasteiger partial charge is 0.410 e. The van der Waals surface area contributed by atoms with Crippen LogP contribution in [0.4, 0.5) is 4.79 Å². The van der Waals surface area contributed by atoms with E-state index in [0.29, 0.717) is 18.6 Å². The summed E-state index contributed by atoms with van der Waals surface area (Å²) in [4.78, 5) is 13.3. The second-order valence-electron chi connectivity index (χ2n) is 3.67. The third kappa shape index (κ3) is 1.50. The van der Waals surface area contributed by atoms with Crippen LogP contribution in [0.1, 0.15) is 13.3 Å². The molecule has 13 heavy (non-hydrogen) atoms. The first-order valence-corrected chi connectivity index (χ1v) is 4.97. The molecule has 0 unspecified atom stereocenters. The van der Waals surface area contributed by atoms with Gasteiger partial charge in [-0.3, -0.25) is 0 Å². The molecule has 2 rings (SSSR count). The fourth-order valence-electron chi connectivity index (χ4n) is 2.28. The molecule has 0 saturated carbocycles. The molecule has 0 bridgehead atoms. The summed E-state index contributed by atoms with van der Waals surface area (Å²) in [6.07, 6.45) is 0.981. The number of nitrogens with one attached hydrogen (secondary N) is 1. The van der Waals surface area contributed by atoms with Gasteiger partial charge in [0.05, 0.1) is 12.6 Å². The van der Waals surface area contributed by atoms with Gasteiger partial charge in [-0.1, -0.05) is 0 Å². The molecule has 2 aliphatic heterocycles. The fraction of sp³-hybridized carbons (Fsp3) is 0.889. The molecule has 74 valence electrons. The van der Waals surface area contributed by atoms with Crippen LogP contribution in [0.15, 0.2) is 0 Å². The van der Waals surface area contributed by atoms with E-state index in [0.717, 1.165) is 26.1 Å². The summed E-state index contributed by atoms with van der Waals surface area (Å²) in [7, 11) is 0. The summed E-state index contributed by atoms with van der Waals surface area (Å²) in [5.41, 5.74) is 0. The molecule has 0 aromatic heterocycles. The number of fused-ring (bicyclic) bond motifs is 1. The first kappa shape index (κ1) is 8.81. The van der Waals surface area contributed by atoms with Gasteiger partial charge in [0.2, 0.25) is 0 Å². The number of likely N-dealkylation sites (tertiary alicyclic amines) is 1. The minimum atomic E-state index is -0.140. The van der Waals surface area contributed by atoms with Crippen molar-refractivity contribution >= 4 is 6.09 Å². The Balaban J connectivity index is 1.96. The molecule has 4 nitrogen and oxygen atoms in total. The van der Waals surface area contributed by atoms with Gasteiger partial charge in [-0.05, 0) is 19.3 Å².